The Kier molecular flexibility index (Phi) is 9.76. The van der Waals surface area contributed by atoms with Gasteiger partial charge in [0, 0.05) is 26.1 Å². The Hall–Kier alpha value is -3.39. The van der Waals surface area contributed by atoms with Crippen LogP contribution in [-0.2, 0) is 27.3 Å². The average molecular weight is 521 g/mol. The molecular weight excluding hydrogens is 480 g/mol. The van der Waals surface area contributed by atoms with Crippen molar-refractivity contribution in [2.75, 3.05) is 19.7 Å². The van der Waals surface area contributed by atoms with E-state index in [4.69, 9.17) is 10.5 Å². The van der Waals surface area contributed by atoms with E-state index in [1.54, 1.807) is 0 Å². The Morgan fingerprint density at radius 2 is 1.84 bits per heavy atom. The summed E-state index contributed by atoms with van der Waals surface area (Å²) in [6.45, 7) is 4.36. The van der Waals surface area contributed by atoms with Gasteiger partial charge in [-0.1, -0.05) is 36.4 Å². The fourth-order valence-corrected chi connectivity index (χ4v) is 5.18. The molecule has 4 N–H and O–H groups in total. The third kappa shape index (κ3) is 7.81. The highest BCUT2D eigenvalue weighted by molar-refractivity contribution is 5.90. The Bertz CT molecular complexity index is 1110. The van der Waals surface area contributed by atoms with E-state index in [0.717, 1.165) is 48.2 Å². The zero-order valence-corrected chi connectivity index (χ0v) is 22.3. The van der Waals surface area contributed by atoms with E-state index in [-0.39, 0.29) is 24.7 Å². The topological polar surface area (TPSA) is 114 Å². The second-order valence-corrected chi connectivity index (χ2v) is 10.5. The first kappa shape index (κ1) is 27.6. The van der Waals surface area contributed by atoms with Crippen molar-refractivity contribution in [1.29, 1.82) is 0 Å². The standard InChI is InChI=1S/C30H40N4O4/c1-21-9-11-25-18-24(21)19-32-30(37)27(13-10-22-6-3-2-4-7-22)33-29(36)26(31)12-14-28(35)34-16-5-8-23(20-34)15-17-38-25/h2-4,6-7,9,11,18,23,26-27H,5,8,10,12-17,19-20,31H2,1H3,(H,32,37)(H,33,36)/t23?,26-,27-/m0/s1. The van der Waals surface area contributed by atoms with Gasteiger partial charge in [0.1, 0.15) is 11.8 Å². The van der Waals surface area contributed by atoms with Crippen molar-refractivity contribution >= 4 is 17.7 Å². The van der Waals surface area contributed by atoms with Gasteiger partial charge in [-0.2, -0.15) is 0 Å². The third-order valence-corrected chi connectivity index (χ3v) is 7.64. The van der Waals surface area contributed by atoms with Gasteiger partial charge in [0.05, 0.1) is 12.6 Å². The van der Waals surface area contributed by atoms with Crippen LogP contribution in [0, 0.1) is 12.8 Å². The molecule has 0 aliphatic carbocycles. The largest absolute Gasteiger partial charge is 0.494 e. The molecule has 1 unspecified atom stereocenters. The summed E-state index contributed by atoms with van der Waals surface area (Å²) in [4.78, 5) is 41.0. The van der Waals surface area contributed by atoms with Gasteiger partial charge < -0.3 is 26.0 Å². The zero-order valence-electron chi connectivity index (χ0n) is 22.3. The molecule has 3 atom stereocenters. The van der Waals surface area contributed by atoms with Crippen LogP contribution in [0.25, 0.3) is 0 Å². The summed E-state index contributed by atoms with van der Waals surface area (Å²) < 4.78 is 6.06. The molecule has 4 bridgehead atoms. The summed E-state index contributed by atoms with van der Waals surface area (Å²) in [5, 5.41) is 5.85. The van der Waals surface area contributed by atoms with Gasteiger partial charge in [-0.25, -0.2) is 0 Å². The minimum absolute atomic E-state index is 0.0262. The molecule has 8 nitrogen and oxygen atoms in total. The number of carbonyl (C=O) groups excluding carboxylic acids is 3. The lowest BCUT2D eigenvalue weighted by Gasteiger charge is -2.33. The summed E-state index contributed by atoms with van der Waals surface area (Å²) >= 11 is 0. The Labute approximate surface area is 225 Å². The van der Waals surface area contributed by atoms with Gasteiger partial charge in [0.25, 0.3) is 0 Å². The normalized spacial score (nSPS) is 23.8. The number of nitrogens with one attached hydrogen (secondary N) is 2. The predicted octanol–water partition coefficient (Wildman–Crippen LogP) is 2.86. The first-order chi connectivity index (χ1) is 18.4. The number of rotatable bonds is 3. The summed E-state index contributed by atoms with van der Waals surface area (Å²) in [7, 11) is 0. The highest BCUT2D eigenvalue weighted by Gasteiger charge is 2.27. The molecule has 2 aromatic carbocycles. The maximum atomic E-state index is 13.3. The molecular formula is C30H40N4O4. The Morgan fingerprint density at radius 3 is 2.66 bits per heavy atom. The number of carbonyl (C=O) groups is 3. The number of nitrogens with zero attached hydrogens (tertiary/aromatic N) is 1. The van der Waals surface area contributed by atoms with Crippen molar-refractivity contribution in [3.63, 3.8) is 0 Å². The molecule has 2 heterocycles. The van der Waals surface area contributed by atoms with Gasteiger partial charge in [0.15, 0.2) is 0 Å². The molecule has 4 rings (SSSR count). The summed E-state index contributed by atoms with van der Waals surface area (Å²) in [6.07, 6.45) is 4.43. The fourth-order valence-electron chi connectivity index (χ4n) is 5.18. The molecule has 0 aromatic heterocycles. The molecule has 2 aliphatic rings. The minimum Gasteiger partial charge on any atom is -0.494 e. The number of piperidine rings is 1. The van der Waals surface area contributed by atoms with Crippen LogP contribution in [0.5, 0.6) is 5.75 Å². The molecule has 8 heteroatoms. The van der Waals surface area contributed by atoms with Crippen molar-refractivity contribution in [1.82, 2.24) is 15.5 Å². The summed E-state index contributed by atoms with van der Waals surface area (Å²) in [6, 6.07) is 14.2. The SMILES string of the molecule is Cc1ccc2cc1CNC(=O)[C@H](CCc1ccccc1)NC(=O)[C@@H](N)CCC(=O)N1CCCC(CCO2)C1. The van der Waals surface area contributed by atoms with Crippen LogP contribution in [0.1, 0.15) is 55.2 Å². The van der Waals surface area contributed by atoms with E-state index in [0.29, 0.717) is 38.5 Å². The second-order valence-electron chi connectivity index (χ2n) is 10.5. The molecule has 2 aromatic rings. The summed E-state index contributed by atoms with van der Waals surface area (Å²) in [5.74, 6) is 0.509. The number of benzene rings is 2. The van der Waals surface area contributed by atoms with Crippen LogP contribution in [0.2, 0.25) is 0 Å². The van der Waals surface area contributed by atoms with E-state index >= 15 is 0 Å². The van der Waals surface area contributed by atoms with Gasteiger partial charge in [-0.3, -0.25) is 14.4 Å². The molecule has 1 fully saturated rings. The van der Waals surface area contributed by atoms with Crippen LogP contribution >= 0.6 is 0 Å². The van der Waals surface area contributed by atoms with Crippen molar-refractivity contribution in [2.45, 2.75) is 70.5 Å². The van der Waals surface area contributed by atoms with Crippen LogP contribution in [0.4, 0.5) is 0 Å². The van der Waals surface area contributed by atoms with Gasteiger partial charge in [0.2, 0.25) is 17.7 Å². The monoisotopic (exact) mass is 520 g/mol. The first-order valence-electron chi connectivity index (χ1n) is 13.8. The lowest BCUT2D eigenvalue weighted by atomic mass is 9.94. The van der Waals surface area contributed by atoms with E-state index in [9.17, 15) is 14.4 Å². The van der Waals surface area contributed by atoms with Crippen LogP contribution in [0.3, 0.4) is 0 Å². The lowest BCUT2D eigenvalue weighted by Crippen LogP contribution is -2.52. The maximum absolute atomic E-state index is 13.3. The molecule has 0 radical (unpaired) electrons. The zero-order chi connectivity index (χ0) is 26.9. The number of ether oxygens (including phenoxy) is 1. The molecule has 0 saturated carbocycles. The third-order valence-electron chi connectivity index (χ3n) is 7.64. The number of fused-ring (bicyclic) bond motifs is 4. The Balaban J connectivity index is 1.51. The van der Waals surface area contributed by atoms with Gasteiger partial charge in [-0.05, 0) is 80.2 Å². The highest BCUT2D eigenvalue weighted by atomic mass is 16.5. The average Bonchev–Trinajstić information content (AvgIpc) is 2.93. The van der Waals surface area contributed by atoms with E-state index in [1.807, 2.05) is 60.4 Å². The number of aryl methyl sites for hydroxylation is 2. The number of hydrogen-bond donors (Lipinski definition) is 3. The van der Waals surface area contributed by atoms with Crippen LogP contribution < -0.4 is 21.1 Å². The van der Waals surface area contributed by atoms with Crippen molar-refractivity contribution < 1.29 is 19.1 Å². The second kappa shape index (κ2) is 13.4. The van der Waals surface area contributed by atoms with Crippen LogP contribution in [0.15, 0.2) is 48.5 Å². The number of amides is 3. The van der Waals surface area contributed by atoms with Crippen molar-refractivity contribution in [2.24, 2.45) is 11.7 Å². The van der Waals surface area contributed by atoms with Crippen molar-refractivity contribution in [3.05, 3.63) is 65.2 Å². The molecule has 3 amide bonds. The molecule has 2 aliphatic heterocycles. The summed E-state index contributed by atoms with van der Waals surface area (Å²) in [5.41, 5.74) is 9.29. The van der Waals surface area contributed by atoms with Crippen molar-refractivity contribution in [3.8, 4) is 5.75 Å². The molecule has 204 valence electrons. The molecule has 0 spiro atoms. The molecule has 1 saturated heterocycles. The quantitative estimate of drug-likeness (QED) is 0.576. The lowest BCUT2D eigenvalue weighted by molar-refractivity contribution is -0.134. The first-order valence-corrected chi connectivity index (χ1v) is 13.8. The number of nitrogens with two attached hydrogens (primary N) is 1. The smallest absolute Gasteiger partial charge is 0.242 e. The van der Waals surface area contributed by atoms with Gasteiger partial charge >= 0.3 is 0 Å². The van der Waals surface area contributed by atoms with E-state index in [2.05, 4.69) is 10.6 Å². The predicted molar refractivity (Wildman–Crippen MR) is 146 cm³/mol. The van der Waals surface area contributed by atoms with E-state index in [1.165, 1.54) is 0 Å². The number of hydrogen-bond acceptors (Lipinski definition) is 5. The Morgan fingerprint density at radius 1 is 1.03 bits per heavy atom. The highest BCUT2D eigenvalue weighted by Crippen LogP contribution is 2.23. The van der Waals surface area contributed by atoms with Gasteiger partial charge in [-0.15, -0.1) is 0 Å². The van der Waals surface area contributed by atoms with E-state index < -0.39 is 18.0 Å². The van der Waals surface area contributed by atoms with Crippen LogP contribution in [-0.4, -0.2) is 54.4 Å². The fraction of sp³-hybridized carbons (Fsp3) is 0.500. The molecule has 38 heavy (non-hydrogen) atoms. The minimum atomic E-state index is -0.860. The maximum Gasteiger partial charge on any atom is 0.242 e.